The van der Waals surface area contributed by atoms with Crippen LogP contribution in [0.15, 0.2) is 12.4 Å². The van der Waals surface area contributed by atoms with Crippen molar-refractivity contribution in [3.8, 4) is 0 Å². The van der Waals surface area contributed by atoms with Crippen molar-refractivity contribution in [1.82, 2.24) is 20.0 Å². The monoisotopic (exact) mass is 265 g/mol. The highest BCUT2D eigenvalue weighted by molar-refractivity contribution is 5.78. The average Bonchev–Trinajstić information content (AvgIpc) is 2.85. The fourth-order valence-corrected chi connectivity index (χ4v) is 2.82. The van der Waals surface area contributed by atoms with E-state index in [4.69, 9.17) is 5.73 Å². The SMILES string of the molecule is CNC(=O)C1CCCN(C(CN)c2cnn(C)c2)C1. The van der Waals surface area contributed by atoms with Crippen molar-refractivity contribution in [2.45, 2.75) is 18.9 Å². The number of nitrogens with one attached hydrogen (secondary N) is 1. The van der Waals surface area contributed by atoms with E-state index in [0.29, 0.717) is 6.54 Å². The first kappa shape index (κ1) is 14.0. The standard InChI is InChI=1S/C13H23N5O/c1-15-13(19)10-4-3-5-18(9-10)12(6-14)11-7-16-17(2)8-11/h7-8,10,12H,3-6,9,14H2,1-2H3,(H,15,19). The van der Waals surface area contributed by atoms with Crippen molar-refractivity contribution < 1.29 is 4.79 Å². The average molecular weight is 265 g/mol. The molecule has 0 spiro atoms. The van der Waals surface area contributed by atoms with Gasteiger partial charge in [0, 0.05) is 38.9 Å². The van der Waals surface area contributed by atoms with Gasteiger partial charge in [0.15, 0.2) is 0 Å². The van der Waals surface area contributed by atoms with Crippen molar-refractivity contribution in [2.75, 3.05) is 26.7 Å². The second-order valence-electron chi connectivity index (χ2n) is 5.15. The highest BCUT2D eigenvalue weighted by atomic mass is 16.1. The zero-order valence-electron chi connectivity index (χ0n) is 11.7. The van der Waals surface area contributed by atoms with Crippen molar-refractivity contribution in [3.05, 3.63) is 18.0 Å². The van der Waals surface area contributed by atoms with Gasteiger partial charge in [-0.2, -0.15) is 5.10 Å². The number of rotatable bonds is 4. The second kappa shape index (κ2) is 6.16. The molecule has 0 bridgehead atoms. The topological polar surface area (TPSA) is 76.2 Å². The first-order valence-electron chi connectivity index (χ1n) is 6.80. The number of amides is 1. The predicted octanol–water partition coefficient (Wildman–Crippen LogP) is -0.122. The number of nitrogens with two attached hydrogens (primary N) is 1. The van der Waals surface area contributed by atoms with Crippen LogP contribution in [0.25, 0.3) is 0 Å². The Bertz CT molecular complexity index is 430. The molecular formula is C13H23N5O. The molecule has 3 N–H and O–H groups in total. The molecule has 1 aliphatic rings. The van der Waals surface area contributed by atoms with Gasteiger partial charge in [0.25, 0.3) is 0 Å². The number of aryl methyl sites for hydroxylation is 1. The van der Waals surface area contributed by atoms with E-state index < -0.39 is 0 Å². The van der Waals surface area contributed by atoms with Crippen LogP contribution in [0.1, 0.15) is 24.4 Å². The van der Waals surface area contributed by atoms with E-state index in [1.54, 1.807) is 11.7 Å². The maximum Gasteiger partial charge on any atom is 0.224 e. The lowest BCUT2D eigenvalue weighted by Crippen LogP contribution is -2.45. The van der Waals surface area contributed by atoms with Gasteiger partial charge in [0.1, 0.15) is 0 Å². The second-order valence-corrected chi connectivity index (χ2v) is 5.15. The van der Waals surface area contributed by atoms with Crippen LogP contribution in [-0.2, 0) is 11.8 Å². The molecule has 2 atom stereocenters. The summed E-state index contributed by atoms with van der Waals surface area (Å²) in [6.07, 6.45) is 5.86. The summed E-state index contributed by atoms with van der Waals surface area (Å²) in [5.74, 6) is 0.205. The fourth-order valence-electron chi connectivity index (χ4n) is 2.82. The molecule has 1 fully saturated rings. The molecule has 1 saturated heterocycles. The molecule has 6 nitrogen and oxygen atoms in total. The number of piperidine rings is 1. The minimum Gasteiger partial charge on any atom is -0.359 e. The van der Waals surface area contributed by atoms with Gasteiger partial charge < -0.3 is 11.1 Å². The smallest absolute Gasteiger partial charge is 0.224 e. The number of hydrogen-bond donors (Lipinski definition) is 2. The highest BCUT2D eigenvalue weighted by Crippen LogP contribution is 2.26. The van der Waals surface area contributed by atoms with Gasteiger partial charge in [-0.3, -0.25) is 14.4 Å². The number of nitrogens with zero attached hydrogens (tertiary/aromatic N) is 3. The van der Waals surface area contributed by atoms with Crippen LogP contribution in [0.5, 0.6) is 0 Å². The summed E-state index contributed by atoms with van der Waals surface area (Å²) in [4.78, 5) is 14.1. The van der Waals surface area contributed by atoms with Crippen LogP contribution in [0, 0.1) is 5.92 Å². The molecular weight excluding hydrogens is 242 g/mol. The van der Waals surface area contributed by atoms with Gasteiger partial charge in [0.05, 0.1) is 18.2 Å². The molecule has 19 heavy (non-hydrogen) atoms. The summed E-state index contributed by atoms with van der Waals surface area (Å²) < 4.78 is 1.79. The normalized spacial score (nSPS) is 22.2. The third-order valence-electron chi connectivity index (χ3n) is 3.84. The molecule has 0 aromatic carbocycles. The van der Waals surface area contributed by atoms with Gasteiger partial charge in [-0.15, -0.1) is 0 Å². The number of carbonyl (C=O) groups is 1. The van der Waals surface area contributed by atoms with Gasteiger partial charge in [-0.1, -0.05) is 0 Å². The largest absolute Gasteiger partial charge is 0.359 e. The van der Waals surface area contributed by atoms with Crippen LogP contribution in [0.2, 0.25) is 0 Å². The molecule has 6 heteroatoms. The third kappa shape index (κ3) is 3.13. The fraction of sp³-hybridized carbons (Fsp3) is 0.692. The van der Waals surface area contributed by atoms with Crippen molar-refractivity contribution >= 4 is 5.91 Å². The lowest BCUT2D eigenvalue weighted by Gasteiger charge is -2.36. The lowest BCUT2D eigenvalue weighted by atomic mass is 9.95. The van der Waals surface area contributed by atoms with Crippen molar-refractivity contribution in [2.24, 2.45) is 18.7 Å². The number of likely N-dealkylation sites (tertiary alicyclic amines) is 1. The maximum atomic E-state index is 11.8. The first-order valence-corrected chi connectivity index (χ1v) is 6.80. The van der Waals surface area contributed by atoms with E-state index in [1.165, 1.54) is 0 Å². The third-order valence-corrected chi connectivity index (χ3v) is 3.84. The summed E-state index contributed by atoms with van der Waals surface area (Å²) >= 11 is 0. The number of carbonyl (C=O) groups excluding carboxylic acids is 1. The molecule has 2 heterocycles. The molecule has 0 radical (unpaired) electrons. The van der Waals surface area contributed by atoms with E-state index in [0.717, 1.165) is 31.5 Å². The Kier molecular flexibility index (Phi) is 4.55. The van der Waals surface area contributed by atoms with Crippen LogP contribution >= 0.6 is 0 Å². The summed E-state index contributed by atoms with van der Waals surface area (Å²) in [5.41, 5.74) is 7.05. The quantitative estimate of drug-likeness (QED) is 0.795. The zero-order chi connectivity index (χ0) is 13.8. The van der Waals surface area contributed by atoms with Crippen molar-refractivity contribution in [1.29, 1.82) is 0 Å². The molecule has 1 aliphatic heterocycles. The van der Waals surface area contributed by atoms with E-state index in [9.17, 15) is 4.79 Å². The Hall–Kier alpha value is -1.40. The zero-order valence-corrected chi connectivity index (χ0v) is 11.7. The Morgan fingerprint density at radius 3 is 3.05 bits per heavy atom. The van der Waals surface area contributed by atoms with Crippen LogP contribution < -0.4 is 11.1 Å². The van der Waals surface area contributed by atoms with Crippen LogP contribution in [0.4, 0.5) is 0 Å². The lowest BCUT2D eigenvalue weighted by molar-refractivity contribution is -0.126. The summed E-state index contributed by atoms with van der Waals surface area (Å²) in [6.45, 7) is 2.31. The molecule has 0 saturated carbocycles. The van der Waals surface area contributed by atoms with Crippen LogP contribution in [0.3, 0.4) is 0 Å². The molecule has 1 aromatic heterocycles. The minimum absolute atomic E-state index is 0.0736. The predicted molar refractivity (Wildman–Crippen MR) is 73.4 cm³/mol. The van der Waals surface area contributed by atoms with Gasteiger partial charge in [0.2, 0.25) is 5.91 Å². The summed E-state index contributed by atoms with van der Waals surface area (Å²) in [7, 11) is 3.60. The Morgan fingerprint density at radius 1 is 1.68 bits per heavy atom. The van der Waals surface area contributed by atoms with E-state index in [-0.39, 0.29) is 17.9 Å². The molecule has 1 amide bonds. The van der Waals surface area contributed by atoms with E-state index in [1.807, 2.05) is 19.4 Å². The van der Waals surface area contributed by atoms with Crippen LogP contribution in [-0.4, -0.2) is 47.3 Å². The summed E-state index contributed by atoms with van der Waals surface area (Å²) in [6, 6.07) is 0.154. The van der Waals surface area contributed by atoms with Crippen molar-refractivity contribution in [3.63, 3.8) is 0 Å². The van der Waals surface area contributed by atoms with Gasteiger partial charge >= 0.3 is 0 Å². The molecule has 0 aliphatic carbocycles. The number of aromatic nitrogens is 2. The Balaban J connectivity index is 2.08. The number of hydrogen-bond acceptors (Lipinski definition) is 4. The van der Waals surface area contributed by atoms with E-state index in [2.05, 4.69) is 15.3 Å². The minimum atomic E-state index is 0.0736. The summed E-state index contributed by atoms with van der Waals surface area (Å²) in [5, 5.41) is 6.95. The molecule has 1 aromatic rings. The first-order chi connectivity index (χ1) is 9.15. The van der Waals surface area contributed by atoms with Gasteiger partial charge in [-0.25, -0.2) is 0 Å². The Labute approximate surface area is 113 Å². The molecule has 106 valence electrons. The van der Waals surface area contributed by atoms with E-state index >= 15 is 0 Å². The Morgan fingerprint density at radius 2 is 2.47 bits per heavy atom. The highest BCUT2D eigenvalue weighted by Gasteiger charge is 2.29. The maximum absolute atomic E-state index is 11.8. The molecule has 2 unspecified atom stereocenters. The van der Waals surface area contributed by atoms with Gasteiger partial charge in [-0.05, 0) is 19.4 Å². The molecule has 2 rings (SSSR count).